The Hall–Kier alpha value is -1.03. The van der Waals surface area contributed by atoms with Crippen LogP contribution in [0.4, 0.5) is 0 Å². The van der Waals surface area contributed by atoms with Gasteiger partial charge < -0.3 is 14.4 Å². The van der Waals surface area contributed by atoms with Gasteiger partial charge in [0.25, 0.3) is 5.91 Å². The summed E-state index contributed by atoms with van der Waals surface area (Å²) in [5.41, 5.74) is 0. The lowest BCUT2D eigenvalue weighted by molar-refractivity contribution is -0.130. The molecule has 0 saturated carbocycles. The van der Waals surface area contributed by atoms with Gasteiger partial charge >= 0.3 is 0 Å². The maximum absolute atomic E-state index is 12.1. The number of carbonyl (C=O) groups excluding carboxylic acids is 1. The molecule has 17 heavy (non-hydrogen) atoms. The molecule has 0 spiro atoms. The van der Waals surface area contributed by atoms with Gasteiger partial charge in [-0.1, -0.05) is 0 Å². The molecule has 0 N–H and O–H groups in total. The second-order valence-electron chi connectivity index (χ2n) is 4.62. The van der Waals surface area contributed by atoms with E-state index in [4.69, 9.17) is 9.47 Å². The minimum Gasteiger partial charge on any atom is -0.488 e. The molecule has 1 unspecified atom stereocenters. The number of nitrogens with zero attached hydrogens (tertiary/aromatic N) is 1. The molecule has 2 aliphatic rings. The van der Waals surface area contributed by atoms with Crippen molar-refractivity contribution in [3.8, 4) is 0 Å². The summed E-state index contributed by atoms with van der Waals surface area (Å²) >= 11 is 0. The molecule has 2 aliphatic heterocycles. The molecular weight excluding hydrogens is 218 g/mol. The summed E-state index contributed by atoms with van der Waals surface area (Å²) in [4.78, 5) is 14.0. The second kappa shape index (κ2) is 6.05. The monoisotopic (exact) mass is 239 g/mol. The van der Waals surface area contributed by atoms with Gasteiger partial charge in [-0.25, -0.2) is 0 Å². The lowest BCUT2D eigenvalue weighted by Gasteiger charge is -2.20. The Morgan fingerprint density at radius 2 is 2.53 bits per heavy atom. The molecule has 1 amide bonds. The number of rotatable bonds is 4. The fraction of sp³-hybridized carbons (Fsp3) is 0.769. The Morgan fingerprint density at radius 3 is 3.24 bits per heavy atom. The van der Waals surface area contributed by atoms with Crippen LogP contribution in [-0.2, 0) is 14.3 Å². The molecule has 4 nitrogen and oxygen atoms in total. The molecule has 2 rings (SSSR count). The molecular formula is C13H21NO3. The van der Waals surface area contributed by atoms with Crippen molar-refractivity contribution in [2.24, 2.45) is 5.92 Å². The van der Waals surface area contributed by atoms with E-state index >= 15 is 0 Å². The smallest absolute Gasteiger partial charge is 0.288 e. The predicted molar refractivity (Wildman–Crippen MR) is 64.4 cm³/mol. The maximum atomic E-state index is 12.1. The zero-order chi connectivity index (χ0) is 12.1. The highest BCUT2D eigenvalue weighted by atomic mass is 16.5. The van der Waals surface area contributed by atoms with Crippen LogP contribution in [0.25, 0.3) is 0 Å². The van der Waals surface area contributed by atoms with Gasteiger partial charge in [0.15, 0.2) is 5.76 Å². The van der Waals surface area contributed by atoms with Crippen molar-refractivity contribution in [2.75, 3.05) is 32.9 Å². The molecule has 0 aliphatic carbocycles. The first kappa shape index (κ1) is 12.4. The molecule has 0 aromatic rings. The summed E-state index contributed by atoms with van der Waals surface area (Å²) in [6.45, 7) is 5.82. The fourth-order valence-electron chi connectivity index (χ4n) is 2.30. The third-order valence-electron chi connectivity index (χ3n) is 3.28. The molecule has 0 radical (unpaired) electrons. The van der Waals surface area contributed by atoms with Crippen LogP contribution in [0.2, 0.25) is 0 Å². The van der Waals surface area contributed by atoms with E-state index < -0.39 is 0 Å². The van der Waals surface area contributed by atoms with Crippen LogP contribution in [0.5, 0.6) is 0 Å². The largest absolute Gasteiger partial charge is 0.488 e. The van der Waals surface area contributed by atoms with Crippen LogP contribution in [0, 0.1) is 5.92 Å². The first-order valence-electron chi connectivity index (χ1n) is 6.51. The van der Waals surface area contributed by atoms with Crippen molar-refractivity contribution >= 4 is 5.91 Å². The first-order valence-corrected chi connectivity index (χ1v) is 6.51. The van der Waals surface area contributed by atoms with E-state index in [2.05, 4.69) is 0 Å². The number of hydrogen-bond acceptors (Lipinski definition) is 3. The molecule has 1 fully saturated rings. The van der Waals surface area contributed by atoms with E-state index in [1.807, 2.05) is 17.9 Å². The Kier molecular flexibility index (Phi) is 4.42. The normalized spacial score (nSPS) is 24.4. The minimum absolute atomic E-state index is 0.0590. The summed E-state index contributed by atoms with van der Waals surface area (Å²) in [7, 11) is 0. The van der Waals surface area contributed by atoms with E-state index in [-0.39, 0.29) is 5.91 Å². The molecule has 0 aromatic heterocycles. The minimum atomic E-state index is 0.0590. The number of amides is 1. The number of ether oxygens (including phenoxy) is 2. The van der Waals surface area contributed by atoms with Gasteiger partial charge in [0.05, 0.1) is 13.2 Å². The average molecular weight is 239 g/mol. The van der Waals surface area contributed by atoms with Gasteiger partial charge in [-0.3, -0.25) is 4.79 Å². The topological polar surface area (TPSA) is 38.8 Å². The maximum Gasteiger partial charge on any atom is 0.288 e. The highest BCUT2D eigenvalue weighted by molar-refractivity contribution is 5.91. The van der Waals surface area contributed by atoms with Crippen LogP contribution in [0.15, 0.2) is 11.8 Å². The van der Waals surface area contributed by atoms with Gasteiger partial charge in [-0.2, -0.15) is 0 Å². The summed E-state index contributed by atoms with van der Waals surface area (Å²) in [6.07, 6.45) is 4.93. The van der Waals surface area contributed by atoms with Crippen molar-refractivity contribution in [1.29, 1.82) is 0 Å². The molecule has 4 heteroatoms. The SMILES string of the molecule is CCOCC1CCN(C(=O)C2=CCCCO2)C1. The third kappa shape index (κ3) is 3.22. The van der Waals surface area contributed by atoms with Crippen molar-refractivity contribution < 1.29 is 14.3 Å². The molecule has 1 saturated heterocycles. The number of likely N-dealkylation sites (tertiary alicyclic amines) is 1. The zero-order valence-electron chi connectivity index (χ0n) is 10.5. The van der Waals surface area contributed by atoms with E-state index in [1.54, 1.807) is 0 Å². The van der Waals surface area contributed by atoms with Crippen LogP contribution in [0.3, 0.4) is 0 Å². The van der Waals surface area contributed by atoms with E-state index in [0.717, 1.165) is 45.6 Å². The lowest BCUT2D eigenvalue weighted by atomic mass is 10.1. The first-order chi connectivity index (χ1) is 8.31. The Labute approximate surface area is 103 Å². The summed E-state index contributed by atoms with van der Waals surface area (Å²) in [5.74, 6) is 1.10. The average Bonchev–Trinajstić information content (AvgIpc) is 2.85. The highest BCUT2D eigenvalue weighted by Gasteiger charge is 2.29. The van der Waals surface area contributed by atoms with Gasteiger partial charge in [0, 0.05) is 25.6 Å². The summed E-state index contributed by atoms with van der Waals surface area (Å²) in [5, 5.41) is 0. The Morgan fingerprint density at radius 1 is 1.65 bits per heavy atom. The van der Waals surface area contributed by atoms with E-state index in [0.29, 0.717) is 18.3 Å². The molecule has 1 atom stereocenters. The quantitative estimate of drug-likeness (QED) is 0.747. The van der Waals surface area contributed by atoms with Crippen LogP contribution in [0.1, 0.15) is 26.2 Å². The molecule has 0 aromatic carbocycles. The van der Waals surface area contributed by atoms with Crippen molar-refractivity contribution in [1.82, 2.24) is 4.90 Å². The number of hydrogen-bond donors (Lipinski definition) is 0. The van der Waals surface area contributed by atoms with Crippen molar-refractivity contribution in [3.63, 3.8) is 0 Å². The summed E-state index contributed by atoms with van der Waals surface area (Å²) in [6, 6.07) is 0. The molecule has 2 heterocycles. The predicted octanol–water partition coefficient (Wildman–Crippen LogP) is 1.57. The number of carbonyl (C=O) groups is 1. The number of allylic oxidation sites excluding steroid dienone is 1. The summed E-state index contributed by atoms with van der Waals surface area (Å²) < 4.78 is 10.8. The van der Waals surface area contributed by atoms with Crippen molar-refractivity contribution in [3.05, 3.63) is 11.8 Å². The van der Waals surface area contributed by atoms with E-state index in [1.165, 1.54) is 0 Å². The lowest BCUT2D eigenvalue weighted by Crippen LogP contribution is -2.32. The van der Waals surface area contributed by atoms with Gasteiger partial charge in [0.2, 0.25) is 0 Å². The Bertz CT molecular complexity index is 301. The second-order valence-corrected chi connectivity index (χ2v) is 4.62. The van der Waals surface area contributed by atoms with Gasteiger partial charge in [0.1, 0.15) is 0 Å². The zero-order valence-corrected chi connectivity index (χ0v) is 10.5. The third-order valence-corrected chi connectivity index (χ3v) is 3.28. The van der Waals surface area contributed by atoms with Gasteiger partial charge in [-0.05, 0) is 32.3 Å². The van der Waals surface area contributed by atoms with Crippen LogP contribution >= 0.6 is 0 Å². The van der Waals surface area contributed by atoms with Gasteiger partial charge in [-0.15, -0.1) is 0 Å². The standard InChI is InChI=1S/C13H21NO3/c1-2-16-10-11-6-7-14(9-11)13(15)12-5-3-4-8-17-12/h5,11H,2-4,6-10H2,1H3. The van der Waals surface area contributed by atoms with Crippen LogP contribution in [-0.4, -0.2) is 43.7 Å². The molecule has 96 valence electrons. The fourth-order valence-corrected chi connectivity index (χ4v) is 2.30. The molecule has 0 bridgehead atoms. The van der Waals surface area contributed by atoms with E-state index in [9.17, 15) is 4.79 Å². The Balaban J connectivity index is 1.83. The van der Waals surface area contributed by atoms with Crippen LogP contribution < -0.4 is 0 Å². The highest BCUT2D eigenvalue weighted by Crippen LogP contribution is 2.20. The van der Waals surface area contributed by atoms with Crippen molar-refractivity contribution in [2.45, 2.75) is 26.2 Å².